The van der Waals surface area contributed by atoms with Gasteiger partial charge in [-0.3, -0.25) is 0 Å². The quantitative estimate of drug-likeness (QED) is 0.799. The van der Waals surface area contributed by atoms with Crippen LogP contribution in [0.4, 0.5) is 4.39 Å². The lowest BCUT2D eigenvalue weighted by atomic mass is 9.90. The fourth-order valence-electron chi connectivity index (χ4n) is 1.81. The van der Waals surface area contributed by atoms with Gasteiger partial charge in [0.1, 0.15) is 5.82 Å². The molecule has 0 aliphatic rings. The first-order valence-electron chi connectivity index (χ1n) is 5.18. The van der Waals surface area contributed by atoms with Crippen molar-refractivity contribution in [2.45, 2.75) is 32.3 Å². The standard InChI is InChI=1S/C12H18FNO/c1-8-3-4-11(13)6-12(8)10(7-14)5-9(2)15/h3-4,6,9-10,15H,5,7,14H2,1-2H3. The molecule has 1 rings (SSSR count). The predicted octanol–water partition coefficient (Wildman–Crippen LogP) is 1.95. The summed E-state index contributed by atoms with van der Waals surface area (Å²) in [6.45, 7) is 4.08. The Kier molecular flexibility index (Phi) is 4.24. The molecule has 1 aromatic rings. The zero-order valence-electron chi connectivity index (χ0n) is 9.20. The maximum Gasteiger partial charge on any atom is 0.123 e. The van der Waals surface area contributed by atoms with Gasteiger partial charge in [0.05, 0.1) is 6.10 Å². The fraction of sp³-hybridized carbons (Fsp3) is 0.500. The highest BCUT2D eigenvalue weighted by atomic mass is 19.1. The zero-order chi connectivity index (χ0) is 11.4. The SMILES string of the molecule is Cc1ccc(F)cc1C(CN)CC(C)O. The molecule has 3 heteroatoms. The molecule has 15 heavy (non-hydrogen) atoms. The van der Waals surface area contributed by atoms with Crippen molar-refractivity contribution in [3.05, 3.63) is 35.1 Å². The summed E-state index contributed by atoms with van der Waals surface area (Å²) >= 11 is 0. The van der Waals surface area contributed by atoms with Crippen LogP contribution in [0.1, 0.15) is 30.4 Å². The average Bonchev–Trinajstić information content (AvgIpc) is 2.18. The van der Waals surface area contributed by atoms with Crippen molar-refractivity contribution in [2.75, 3.05) is 6.54 Å². The number of aliphatic hydroxyl groups excluding tert-OH is 1. The van der Waals surface area contributed by atoms with Crippen LogP contribution in [0.15, 0.2) is 18.2 Å². The van der Waals surface area contributed by atoms with Crippen LogP contribution in [-0.2, 0) is 0 Å². The van der Waals surface area contributed by atoms with Crippen LogP contribution >= 0.6 is 0 Å². The van der Waals surface area contributed by atoms with Gasteiger partial charge in [-0.1, -0.05) is 6.07 Å². The van der Waals surface area contributed by atoms with E-state index in [0.29, 0.717) is 13.0 Å². The van der Waals surface area contributed by atoms with Gasteiger partial charge in [-0.25, -0.2) is 4.39 Å². The Bertz CT molecular complexity index is 325. The minimum atomic E-state index is -0.416. The Hall–Kier alpha value is -0.930. The number of rotatable bonds is 4. The molecule has 0 fully saturated rings. The highest BCUT2D eigenvalue weighted by molar-refractivity contribution is 5.30. The van der Waals surface area contributed by atoms with Crippen molar-refractivity contribution in [3.63, 3.8) is 0 Å². The van der Waals surface area contributed by atoms with Crippen molar-refractivity contribution < 1.29 is 9.50 Å². The molecular formula is C12H18FNO. The number of aliphatic hydroxyl groups is 1. The lowest BCUT2D eigenvalue weighted by molar-refractivity contribution is 0.175. The van der Waals surface area contributed by atoms with Gasteiger partial charge in [0, 0.05) is 0 Å². The van der Waals surface area contributed by atoms with Crippen molar-refractivity contribution in [3.8, 4) is 0 Å². The van der Waals surface area contributed by atoms with E-state index < -0.39 is 6.10 Å². The smallest absolute Gasteiger partial charge is 0.123 e. The van der Waals surface area contributed by atoms with Gasteiger partial charge >= 0.3 is 0 Å². The molecule has 0 aromatic heterocycles. The summed E-state index contributed by atoms with van der Waals surface area (Å²) in [4.78, 5) is 0. The minimum Gasteiger partial charge on any atom is -0.393 e. The fourth-order valence-corrected chi connectivity index (χ4v) is 1.81. The summed E-state index contributed by atoms with van der Waals surface area (Å²) < 4.78 is 13.1. The topological polar surface area (TPSA) is 46.2 Å². The number of halogens is 1. The van der Waals surface area contributed by atoms with E-state index in [1.54, 1.807) is 13.0 Å². The molecule has 2 atom stereocenters. The third-order valence-corrected chi connectivity index (χ3v) is 2.59. The van der Waals surface area contributed by atoms with E-state index in [4.69, 9.17) is 5.73 Å². The second-order valence-corrected chi connectivity index (χ2v) is 4.02. The molecule has 0 bridgehead atoms. The number of aryl methyl sites for hydroxylation is 1. The van der Waals surface area contributed by atoms with Crippen LogP contribution in [-0.4, -0.2) is 17.8 Å². The van der Waals surface area contributed by atoms with E-state index in [9.17, 15) is 9.50 Å². The van der Waals surface area contributed by atoms with Gasteiger partial charge in [-0.2, -0.15) is 0 Å². The molecular weight excluding hydrogens is 193 g/mol. The van der Waals surface area contributed by atoms with Crippen LogP contribution in [0.25, 0.3) is 0 Å². The Morgan fingerprint density at radius 3 is 2.67 bits per heavy atom. The number of hydrogen-bond acceptors (Lipinski definition) is 2. The number of hydrogen-bond donors (Lipinski definition) is 2. The van der Waals surface area contributed by atoms with Gasteiger partial charge in [0.2, 0.25) is 0 Å². The normalized spacial score (nSPS) is 15.0. The monoisotopic (exact) mass is 211 g/mol. The van der Waals surface area contributed by atoms with Crippen LogP contribution in [0, 0.1) is 12.7 Å². The van der Waals surface area contributed by atoms with Crippen molar-refractivity contribution in [2.24, 2.45) is 5.73 Å². The highest BCUT2D eigenvalue weighted by Crippen LogP contribution is 2.24. The van der Waals surface area contributed by atoms with Crippen LogP contribution in [0.5, 0.6) is 0 Å². The summed E-state index contributed by atoms with van der Waals surface area (Å²) in [5.41, 5.74) is 7.56. The second kappa shape index (κ2) is 5.24. The maximum absolute atomic E-state index is 13.1. The Balaban J connectivity index is 2.95. The third-order valence-electron chi connectivity index (χ3n) is 2.59. The van der Waals surface area contributed by atoms with E-state index >= 15 is 0 Å². The van der Waals surface area contributed by atoms with E-state index in [-0.39, 0.29) is 11.7 Å². The molecule has 84 valence electrons. The Morgan fingerprint density at radius 1 is 1.47 bits per heavy atom. The van der Waals surface area contributed by atoms with Gasteiger partial charge < -0.3 is 10.8 Å². The van der Waals surface area contributed by atoms with Gasteiger partial charge in [-0.05, 0) is 56.0 Å². The van der Waals surface area contributed by atoms with E-state index in [2.05, 4.69) is 0 Å². The number of nitrogens with two attached hydrogens (primary N) is 1. The summed E-state index contributed by atoms with van der Waals surface area (Å²) in [5, 5.41) is 9.33. The molecule has 2 nitrogen and oxygen atoms in total. The van der Waals surface area contributed by atoms with E-state index in [1.807, 2.05) is 6.92 Å². The summed E-state index contributed by atoms with van der Waals surface area (Å²) in [7, 11) is 0. The number of benzene rings is 1. The Morgan fingerprint density at radius 2 is 2.13 bits per heavy atom. The molecule has 1 aromatic carbocycles. The second-order valence-electron chi connectivity index (χ2n) is 4.02. The molecule has 0 amide bonds. The van der Waals surface area contributed by atoms with Gasteiger partial charge in [-0.15, -0.1) is 0 Å². The molecule has 2 unspecified atom stereocenters. The molecule has 0 radical (unpaired) electrons. The molecule has 0 aliphatic carbocycles. The molecule has 0 saturated heterocycles. The van der Waals surface area contributed by atoms with Crippen LogP contribution in [0.3, 0.4) is 0 Å². The van der Waals surface area contributed by atoms with E-state index in [0.717, 1.165) is 11.1 Å². The molecule has 0 aliphatic heterocycles. The van der Waals surface area contributed by atoms with E-state index in [1.165, 1.54) is 12.1 Å². The van der Waals surface area contributed by atoms with Crippen LogP contribution in [0.2, 0.25) is 0 Å². The maximum atomic E-state index is 13.1. The first-order valence-corrected chi connectivity index (χ1v) is 5.18. The summed E-state index contributed by atoms with van der Waals surface area (Å²) in [6.07, 6.45) is 0.155. The first kappa shape index (κ1) is 12.1. The average molecular weight is 211 g/mol. The van der Waals surface area contributed by atoms with Crippen molar-refractivity contribution in [1.82, 2.24) is 0 Å². The van der Waals surface area contributed by atoms with Crippen molar-refractivity contribution in [1.29, 1.82) is 0 Å². The molecule has 0 spiro atoms. The molecule has 0 saturated carbocycles. The Labute approximate surface area is 89.9 Å². The van der Waals surface area contributed by atoms with Gasteiger partial charge in [0.15, 0.2) is 0 Å². The minimum absolute atomic E-state index is 0.0284. The summed E-state index contributed by atoms with van der Waals surface area (Å²) in [6, 6.07) is 4.69. The lowest BCUT2D eigenvalue weighted by Gasteiger charge is -2.19. The lowest BCUT2D eigenvalue weighted by Crippen LogP contribution is -2.18. The third kappa shape index (κ3) is 3.29. The summed E-state index contributed by atoms with van der Waals surface area (Å²) in [5.74, 6) is -0.222. The molecule has 3 N–H and O–H groups in total. The molecule has 0 heterocycles. The van der Waals surface area contributed by atoms with Crippen LogP contribution < -0.4 is 5.73 Å². The predicted molar refractivity (Wildman–Crippen MR) is 59.2 cm³/mol. The van der Waals surface area contributed by atoms with Crippen molar-refractivity contribution >= 4 is 0 Å². The van der Waals surface area contributed by atoms with Gasteiger partial charge in [0.25, 0.3) is 0 Å². The zero-order valence-corrected chi connectivity index (χ0v) is 9.20. The highest BCUT2D eigenvalue weighted by Gasteiger charge is 2.15. The largest absolute Gasteiger partial charge is 0.393 e. The first-order chi connectivity index (χ1) is 7.04.